The maximum atomic E-state index is 12.6. The summed E-state index contributed by atoms with van der Waals surface area (Å²) in [6.45, 7) is 15.7. The van der Waals surface area contributed by atoms with E-state index in [1.54, 1.807) is 24.4 Å². The van der Waals surface area contributed by atoms with Crippen LogP contribution in [0.4, 0.5) is 0 Å². The molecule has 0 bridgehead atoms. The summed E-state index contributed by atoms with van der Waals surface area (Å²) in [5.74, 6) is 1.71. The summed E-state index contributed by atoms with van der Waals surface area (Å²) in [4.78, 5) is 16.7. The summed E-state index contributed by atoms with van der Waals surface area (Å²) >= 11 is 0. The maximum absolute atomic E-state index is 12.6. The minimum absolute atomic E-state index is 0.0123. The first kappa shape index (κ1) is 29.7. The highest BCUT2D eigenvalue weighted by atomic mass is 16.5. The van der Waals surface area contributed by atoms with E-state index >= 15 is 0 Å². The molecule has 3 aliphatic rings. The molecule has 0 aliphatic heterocycles. The molecule has 8 atom stereocenters. The van der Waals surface area contributed by atoms with E-state index in [0.29, 0.717) is 55.0 Å². The molecule has 1 aromatic rings. The van der Waals surface area contributed by atoms with Gasteiger partial charge in [0.2, 0.25) is 0 Å². The predicted molar refractivity (Wildman–Crippen MR) is 156 cm³/mol. The van der Waals surface area contributed by atoms with Crippen LogP contribution < -0.4 is 0 Å². The number of carbonyl (C=O) groups is 1. The normalized spacial score (nSPS) is 34.7. The second kappa shape index (κ2) is 12.1. The van der Waals surface area contributed by atoms with Gasteiger partial charge < -0.3 is 14.9 Å². The maximum Gasteiger partial charge on any atom is 0.357 e. The zero-order valence-electron chi connectivity index (χ0n) is 24.6. The number of hydrogen-bond donors (Lipinski definition) is 2. The summed E-state index contributed by atoms with van der Waals surface area (Å²) in [5.41, 5.74) is 0.954. The largest absolute Gasteiger partial charge is 0.457 e. The molecule has 0 aromatic carbocycles. The number of aromatic nitrogens is 1. The Balaban J connectivity index is 1.48. The van der Waals surface area contributed by atoms with Crippen LogP contribution >= 0.6 is 0 Å². The van der Waals surface area contributed by atoms with Crippen LogP contribution in [0.25, 0.3) is 0 Å². The summed E-state index contributed by atoms with van der Waals surface area (Å²) in [6, 6.07) is 5.18. The predicted octanol–water partition coefficient (Wildman–Crippen LogP) is 7.07. The molecule has 0 amide bonds. The highest BCUT2D eigenvalue weighted by Gasteiger charge is 2.59. The number of nitrogens with zero attached hydrogens (tertiary/aromatic N) is 1. The van der Waals surface area contributed by atoms with Crippen LogP contribution in [0.2, 0.25) is 0 Å². The lowest BCUT2D eigenvalue weighted by atomic mass is 9.56. The zero-order chi connectivity index (χ0) is 28.4. The number of ether oxygens (including phenoxy) is 1. The Morgan fingerprint density at radius 2 is 1.92 bits per heavy atom. The second-order valence-corrected chi connectivity index (χ2v) is 13.2. The Kier molecular flexibility index (Phi) is 9.22. The molecule has 3 aliphatic carbocycles. The van der Waals surface area contributed by atoms with Gasteiger partial charge in [-0.25, -0.2) is 9.78 Å². The molecular formula is C34H49NO4. The molecule has 0 radical (unpaired) electrons. The molecule has 0 spiro atoms. The zero-order valence-corrected chi connectivity index (χ0v) is 24.6. The van der Waals surface area contributed by atoms with Gasteiger partial charge in [0.1, 0.15) is 17.9 Å². The van der Waals surface area contributed by atoms with Gasteiger partial charge in [0, 0.05) is 12.6 Å². The first-order valence-corrected chi connectivity index (χ1v) is 15.0. The fourth-order valence-corrected chi connectivity index (χ4v) is 7.60. The van der Waals surface area contributed by atoms with Gasteiger partial charge in [-0.3, -0.25) is 0 Å². The van der Waals surface area contributed by atoms with Crippen molar-refractivity contribution in [3.8, 4) is 0 Å². The third-order valence-corrected chi connectivity index (χ3v) is 10.4. The van der Waals surface area contributed by atoms with Crippen molar-refractivity contribution in [2.45, 2.75) is 104 Å². The van der Waals surface area contributed by atoms with Crippen molar-refractivity contribution < 1.29 is 19.7 Å². The lowest BCUT2D eigenvalue weighted by molar-refractivity contribution is -0.155. The number of fused-ring (bicyclic) bond motifs is 1. The smallest absolute Gasteiger partial charge is 0.357 e. The van der Waals surface area contributed by atoms with Crippen LogP contribution in [0.3, 0.4) is 0 Å². The molecule has 1 aromatic heterocycles. The highest BCUT2D eigenvalue weighted by molar-refractivity contribution is 5.87. The number of esters is 1. The van der Waals surface area contributed by atoms with E-state index in [4.69, 9.17) is 4.74 Å². The van der Waals surface area contributed by atoms with E-state index in [1.165, 1.54) is 0 Å². The van der Waals surface area contributed by atoms with Gasteiger partial charge in [-0.2, -0.15) is 0 Å². The molecule has 3 fully saturated rings. The number of hydrogen-bond acceptors (Lipinski definition) is 5. The molecule has 0 unspecified atom stereocenters. The van der Waals surface area contributed by atoms with Crippen molar-refractivity contribution in [3.63, 3.8) is 0 Å². The number of carbonyl (C=O) groups excluding carboxylic acids is 1. The standard InChI is InChI=1S/C34H49NO4/c1-22(2)23(3)11-12-25(5)28-15-16-30-33(28,6)17-9-18-34(30,38)31(36)21-26-20-27(14-13-24(26)4)39-32(37)29-10-7-8-19-35-29/h7-8,10-12,19,21-23,25,27-28,30-31,36,38H,4,9,13-18,20H2,1-3,5-6H3/b12-11+,26-21-/t23-,25+,27+,28+,30+,31+,33+,34+/m0/s1. The third kappa shape index (κ3) is 6.25. The molecule has 214 valence electrons. The molecule has 4 rings (SSSR count). The minimum atomic E-state index is -1.17. The monoisotopic (exact) mass is 535 g/mol. The van der Waals surface area contributed by atoms with Crippen LogP contribution in [0.5, 0.6) is 0 Å². The molecule has 5 nitrogen and oxygen atoms in total. The van der Waals surface area contributed by atoms with Crippen molar-refractivity contribution in [3.05, 3.63) is 66.0 Å². The molecule has 0 saturated heterocycles. The lowest BCUT2D eigenvalue weighted by Crippen LogP contribution is -2.56. The topological polar surface area (TPSA) is 79.7 Å². The Morgan fingerprint density at radius 3 is 2.62 bits per heavy atom. The van der Waals surface area contributed by atoms with Gasteiger partial charge in [0.25, 0.3) is 0 Å². The van der Waals surface area contributed by atoms with Crippen LogP contribution in [0.15, 0.2) is 60.3 Å². The number of aliphatic hydroxyl groups is 2. The van der Waals surface area contributed by atoms with Gasteiger partial charge in [-0.1, -0.05) is 65.0 Å². The Labute approximate surface area is 235 Å². The summed E-state index contributed by atoms with van der Waals surface area (Å²) in [7, 11) is 0. The van der Waals surface area contributed by atoms with Gasteiger partial charge in [-0.15, -0.1) is 0 Å². The fourth-order valence-electron chi connectivity index (χ4n) is 7.60. The third-order valence-electron chi connectivity index (χ3n) is 10.4. The molecule has 39 heavy (non-hydrogen) atoms. The average molecular weight is 536 g/mol. The SMILES string of the molecule is C=C1CC[C@@H](OC(=O)c2ccccn2)C/C1=C/[C@@H](O)[C@@]1(O)CCC[C@]2(C)[C@@H]([C@H](C)/C=C/[C@H](C)C(C)C)CC[C@H]21. The summed E-state index contributed by atoms with van der Waals surface area (Å²) < 4.78 is 5.75. The van der Waals surface area contributed by atoms with E-state index in [-0.39, 0.29) is 17.4 Å². The van der Waals surface area contributed by atoms with Gasteiger partial charge in [0.05, 0.1) is 5.60 Å². The van der Waals surface area contributed by atoms with E-state index in [1.807, 2.05) is 6.08 Å². The summed E-state index contributed by atoms with van der Waals surface area (Å²) in [6.07, 6.45) is 13.4. The molecule has 5 heteroatoms. The van der Waals surface area contributed by atoms with E-state index < -0.39 is 17.7 Å². The van der Waals surface area contributed by atoms with Crippen molar-refractivity contribution >= 4 is 5.97 Å². The number of rotatable bonds is 8. The lowest BCUT2D eigenvalue weighted by Gasteiger charge is -2.52. The Hall–Kier alpha value is -2.24. The van der Waals surface area contributed by atoms with E-state index in [9.17, 15) is 15.0 Å². The first-order valence-electron chi connectivity index (χ1n) is 15.0. The molecule has 2 N–H and O–H groups in total. The number of allylic oxidation sites excluding steroid dienone is 3. The molecular weight excluding hydrogens is 486 g/mol. The highest BCUT2D eigenvalue weighted by Crippen LogP contribution is 2.61. The van der Waals surface area contributed by atoms with Crippen molar-refractivity contribution in [1.82, 2.24) is 4.98 Å². The second-order valence-electron chi connectivity index (χ2n) is 13.2. The Bertz CT molecular complexity index is 1080. The van der Waals surface area contributed by atoms with E-state index in [0.717, 1.165) is 36.8 Å². The number of aliphatic hydroxyl groups excluding tert-OH is 1. The van der Waals surface area contributed by atoms with Gasteiger partial charge >= 0.3 is 5.97 Å². The van der Waals surface area contributed by atoms with Crippen molar-refractivity contribution in [1.29, 1.82) is 0 Å². The van der Waals surface area contributed by atoms with Crippen LogP contribution in [0, 0.1) is 35.0 Å². The van der Waals surface area contributed by atoms with E-state index in [2.05, 4.69) is 58.3 Å². The molecule has 1 heterocycles. The van der Waals surface area contributed by atoms with Gasteiger partial charge in [-0.05, 0) is 104 Å². The van der Waals surface area contributed by atoms with Crippen LogP contribution in [-0.4, -0.2) is 39.0 Å². The summed E-state index contributed by atoms with van der Waals surface area (Å²) in [5, 5.41) is 23.7. The van der Waals surface area contributed by atoms with Crippen LogP contribution in [0.1, 0.15) is 96.5 Å². The van der Waals surface area contributed by atoms with Crippen molar-refractivity contribution in [2.75, 3.05) is 0 Å². The number of pyridine rings is 1. The molecule has 3 saturated carbocycles. The van der Waals surface area contributed by atoms with Crippen molar-refractivity contribution in [2.24, 2.45) is 35.0 Å². The Morgan fingerprint density at radius 1 is 1.15 bits per heavy atom. The van der Waals surface area contributed by atoms with Gasteiger partial charge in [0.15, 0.2) is 0 Å². The fraction of sp³-hybridized carbons (Fsp3) is 0.647. The van der Waals surface area contributed by atoms with Crippen LogP contribution in [-0.2, 0) is 4.74 Å². The average Bonchev–Trinajstić information content (AvgIpc) is 3.27. The minimum Gasteiger partial charge on any atom is -0.457 e. The first-order chi connectivity index (χ1) is 18.5. The quantitative estimate of drug-likeness (QED) is 0.275.